The molecule has 3 aromatic rings. The molecule has 0 saturated heterocycles. The van der Waals surface area contributed by atoms with Crippen LogP contribution in [-0.4, -0.2) is 15.4 Å². The molecule has 30 heavy (non-hydrogen) atoms. The number of aryl methyl sites for hydroxylation is 3. The number of rotatable bonds is 13. The first kappa shape index (κ1) is 22.1. The van der Waals surface area contributed by atoms with Crippen LogP contribution in [0.25, 0.3) is 11.0 Å². The van der Waals surface area contributed by atoms with E-state index < -0.39 is 0 Å². The number of aromatic nitrogens is 2. The maximum absolute atomic E-state index is 7.53. The van der Waals surface area contributed by atoms with Crippen molar-refractivity contribution in [2.75, 3.05) is 0 Å². The molecule has 4 heteroatoms. The van der Waals surface area contributed by atoms with Gasteiger partial charge in [-0.15, -0.1) is 0 Å². The fourth-order valence-electron chi connectivity index (χ4n) is 4.08. The van der Waals surface area contributed by atoms with Crippen molar-refractivity contribution in [1.29, 1.82) is 5.41 Å². The summed E-state index contributed by atoms with van der Waals surface area (Å²) in [5.74, 6) is 1.29. The number of nitrogens with one attached hydrogen (secondary N) is 1. The van der Waals surface area contributed by atoms with Gasteiger partial charge in [0.25, 0.3) is 0 Å². The normalized spacial score (nSPS) is 11.2. The molecule has 0 aliphatic heterocycles. The van der Waals surface area contributed by atoms with Crippen LogP contribution in [0, 0.1) is 5.41 Å². The number of nitrogens with two attached hydrogens (primary N) is 1. The quantitative estimate of drug-likeness (QED) is 0.201. The van der Waals surface area contributed by atoms with Crippen LogP contribution in [0.3, 0.4) is 0 Å². The van der Waals surface area contributed by atoms with Gasteiger partial charge in [0.15, 0.2) is 0 Å². The minimum atomic E-state index is 0.119. The van der Waals surface area contributed by atoms with Gasteiger partial charge in [-0.05, 0) is 30.5 Å². The Kier molecular flexibility index (Phi) is 8.49. The lowest BCUT2D eigenvalue weighted by Gasteiger charge is -2.10. The molecule has 4 nitrogen and oxygen atoms in total. The Labute approximate surface area is 181 Å². The lowest BCUT2D eigenvalue weighted by molar-refractivity contribution is 0.540. The summed E-state index contributed by atoms with van der Waals surface area (Å²) in [4.78, 5) is 4.93. The van der Waals surface area contributed by atoms with Crippen molar-refractivity contribution in [3.05, 3.63) is 65.5 Å². The number of unbranched alkanes of at least 4 members (excludes halogenated alkanes) is 7. The van der Waals surface area contributed by atoms with E-state index in [1.165, 1.54) is 68.3 Å². The number of imidazole rings is 1. The van der Waals surface area contributed by atoms with E-state index in [4.69, 9.17) is 16.1 Å². The molecular formula is C26H36N4. The first-order valence-corrected chi connectivity index (χ1v) is 11.6. The third kappa shape index (κ3) is 6.19. The molecule has 3 rings (SSSR count). The average molecular weight is 405 g/mol. The molecule has 1 heterocycles. The zero-order chi connectivity index (χ0) is 21.2. The Morgan fingerprint density at radius 3 is 2.23 bits per heavy atom. The van der Waals surface area contributed by atoms with Gasteiger partial charge in [0.05, 0.1) is 11.0 Å². The van der Waals surface area contributed by atoms with E-state index in [1.54, 1.807) is 0 Å². The highest BCUT2D eigenvalue weighted by atomic mass is 15.1. The predicted octanol–water partition coefficient (Wildman–Crippen LogP) is 6.25. The molecule has 1 aromatic heterocycles. The molecule has 0 aliphatic rings. The lowest BCUT2D eigenvalue weighted by atomic mass is 10.1. The van der Waals surface area contributed by atoms with Crippen LogP contribution < -0.4 is 5.73 Å². The number of fused-ring (bicyclic) bond motifs is 1. The minimum Gasteiger partial charge on any atom is -0.384 e. The van der Waals surface area contributed by atoms with E-state index in [0.717, 1.165) is 30.5 Å². The highest BCUT2D eigenvalue weighted by Gasteiger charge is 2.10. The van der Waals surface area contributed by atoms with Gasteiger partial charge in [0, 0.05) is 18.5 Å². The summed E-state index contributed by atoms with van der Waals surface area (Å²) < 4.78 is 2.43. The Morgan fingerprint density at radius 2 is 1.53 bits per heavy atom. The van der Waals surface area contributed by atoms with E-state index in [1.807, 2.05) is 12.1 Å². The van der Waals surface area contributed by atoms with E-state index in [0.29, 0.717) is 0 Å². The van der Waals surface area contributed by atoms with Crippen LogP contribution in [0.5, 0.6) is 0 Å². The summed E-state index contributed by atoms with van der Waals surface area (Å²) in [7, 11) is 0. The van der Waals surface area contributed by atoms with E-state index in [2.05, 4.69) is 47.9 Å². The monoisotopic (exact) mass is 404 g/mol. The molecule has 0 atom stereocenters. The zero-order valence-electron chi connectivity index (χ0n) is 18.4. The van der Waals surface area contributed by atoms with Crippen molar-refractivity contribution in [1.82, 2.24) is 9.55 Å². The predicted molar refractivity (Wildman–Crippen MR) is 127 cm³/mol. The Balaban J connectivity index is 1.58. The molecule has 160 valence electrons. The van der Waals surface area contributed by atoms with Gasteiger partial charge >= 0.3 is 0 Å². The fourth-order valence-corrected chi connectivity index (χ4v) is 4.08. The largest absolute Gasteiger partial charge is 0.384 e. The number of amidine groups is 1. The standard InChI is InChI=1S/C26H36N4/c1-2-3-4-5-6-7-8-11-20-30-24-13-10-9-12-23(24)29-25(30)19-16-21-14-17-22(18-15-21)26(27)28/h9-10,12-15,17-18H,2-8,11,16,19-20H2,1H3,(H3,27,28). The fraction of sp³-hybridized carbons (Fsp3) is 0.462. The van der Waals surface area contributed by atoms with Crippen molar-refractivity contribution in [3.63, 3.8) is 0 Å². The molecule has 0 bridgehead atoms. The van der Waals surface area contributed by atoms with Crippen molar-refractivity contribution in [3.8, 4) is 0 Å². The molecule has 0 unspecified atom stereocenters. The number of para-hydroxylation sites is 2. The maximum atomic E-state index is 7.53. The molecule has 0 saturated carbocycles. The molecule has 0 amide bonds. The molecule has 2 aromatic carbocycles. The van der Waals surface area contributed by atoms with Gasteiger partial charge in [-0.2, -0.15) is 0 Å². The van der Waals surface area contributed by atoms with Gasteiger partial charge in [-0.1, -0.05) is 88.3 Å². The van der Waals surface area contributed by atoms with Gasteiger partial charge < -0.3 is 10.3 Å². The number of hydrogen-bond acceptors (Lipinski definition) is 2. The zero-order valence-corrected chi connectivity index (χ0v) is 18.4. The van der Waals surface area contributed by atoms with Crippen LogP contribution in [0.1, 0.15) is 75.2 Å². The van der Waals surface area contributed by atoms with Crippen LogP contribution in [-0.2, 0) is 19.4 Å². The molecule has 0 radical (unpaired) electrons. The minimum absolute atomic E-state index is 0.119. The van der Waals surface area contributed by atoms with Gasteiger partial charge in [0.2, 0.25) is 0 Å². The second-order valence-corrected chi connectivity index (χ2v) is 8.25. The summed E-state index contributed by atoms with van der Waals surface area (Å²) in [6.45, 7) is 3.32. The first-order chi connectivity index (χ1) is 14.7. The molecule has 0 aliphatic carbocycles. The van der Waals surface area contributed by atoms with Crippen molar-refractivity contribution < 1.29 is 0 Å². The smallest absolute Gasteiger partial charge is 0.122 e. The SMILES string of the molecule is CCCCCCCCCCn1c(CCc2ccc(C(=N)N)cc2)nc2ccccc21. The van der Waals surface area contributed by atoms with Gasteiger partial charge in [-0.3, -0.25) is 5.41 Å². The van der Waals surface area contributed by atoms with Gasteiger partial charge in [-0.25, -0.2) is 4.98 Å². The molecule has 3 N–H and O–H groups in total. The lowest BCUT2D eigenvalue weighted by Crippen LogP contribution is -2.10. The number of nitrogens with zero attached hydrogens (tertiary/aromatic N) is 2. The van der Waals surface area contributed by atoms with Crippen LogP contribution in [0.2, 0.25) is 0 Å². The van der Waals surface area contributed by atoms with Crippen LogP contribution in [0.4, 0.5) is 0 Å². The molecular weight excluding hydrogens is 368 g/mol. The molecule has 0 spiro atoms. The summed E-state index contributed by atoms with van der Waals surface area (Å²) in [5.41, 5.74) is 9.94. The average Bonchev–Trinajstić information content (AvgIpc) is 3.12. The van der Waals surface area contributed by atoms with Crippen LogP contribution in [0.15, 0.2) is 48.5 Å². The summed E-state index contributed by atoms with van der Waals surface area (Å²) in [5, 5.41) is 7.53. The Morgan fingerprint density at radius 1 is 0.867 bits per heavy atom. The first-order valence-electron chi connectivity index (χ1n) is 11.6. The number of hydrogen-bond donors (Lipinski definition) is 2. The van der Waals surface area contributed by atoms with E-state index in [9.17, 15) is 0 Å². The van der Waals surface area contributed by atoms with E-state index >= 15 is 0 Å². The maximum Gasteiger partial charge on any atom is 0.122 e. The summed E-state index contributed by atoms with van der Waals surface area (Å²) in [6.07, 6.45) is 12.6. The van der Waals surface area contributed by atoms with Crippen molar-refractivity contribution >= 4 is 16.9 Å². The Bertz CT molecular complexity index is 924. The number of benzene rings is 2. The van der Waals surface area contributed by atoms with Crippen LogP contribution >= 0.6 is 0 Å². The van der Waals surface area contributed by atoms with E-state index in [-0.39, 0.29) is 5.84 Å². The third-order valence-electron chi connectivity index (χ3n) is 5.87. The van der Waals surface area contributed by atoms with Crippen molar-refractivity contribution in [2.45, 2.75) is 77.7 Å². The highest BCUT2D eigenvalue weighted by molar-refractivity contribution is 5.94. The Hall–Kier alpha value is -2.62. The molecule has 0 fully saturated rings. The number of nitrogen functional groups attached to an aromatic ring is 1. The third-order valence-corrected chi connectivity index (χ3v) is 5.87. The second kappa shape index (κ2) is 11.5. The second-order valence-electron chi connectivity index (χ2n) is 8.25. The topological polar surface area (TPSA) is 67.7 Å². The highest BCUT2D eigenvalue weighted by Crippen LogP contribution is 2.19. The summed E-state index contributed by atoms with van der Waals surface area (Å²) >= 11 is 0. The van der Waals surface area contributed by atoms with Gasteiger partial charge in [0.1, 0.15) is 11.7 Å². The van der Waals surface area contributed by atoms with Crippen molar-refractivity contribution in [2.24, 2.45) is 5.73 Å². The summed E-state index contributed by atoms with van der Waals surface area (Å²) in [6, 6.07) is 16.5.